The van der Waals surface area contributed by atoms with Crippen LogP contribution in [0.2, 0.25) is 0 Å². The normalized spacial score (nSPS) is 24.6. The Morgan fingerprint density at radius 2 is 1.95 bits per heavy atom. The second kappa shape index (κ2) is 5.44. The van der Waals surface area contributed by atoms with Crippen molar-refractivity contribution in [1.29, 1.82) is 0 Å². The molecule has 1 aliphatic rings. The first-order chi connectivity index (χ1) is 9.29. The summed E-state index contributed by atoms with van der Waals surface area (Å²) < 4.78 is 37.4. The largest absolute Gasteiger partial charge is 0.481 e. The Hall–Kier alpha value is -1.56. The van der Waals surface area contributed by atoms with Gasteiger partial charge in [0.15, 0.2) is 0 Å². The first kappa shape index (κ1) is 14.8. The number of hydrogen-bond acceptors (Lipinski definition) is 2. The molecule has 0 saturated carbocycles. The minimum Gasteiger partial charge on any atom is -0.481 e. The average Bonchev–Trinajstić information content (AvgIpc) is 2.86. The molecule has 2 N–H and O–H groups in total. The third-order valence-electron chi connectivity index (χ3n) is 3.90. The summed E-state index contributed by atoms with van der Waals surface area (Å²) >= 11 is 0. The summed E-state index contributed by atoms with van der Waals surface area (Å²) in [7, 11) is 0. The van der Waals surface area contributed by atoms with E-state index in [9.17, 15) is 18.0 Å². The molecule has 1 aromatic rings. The summed E-state index contributed by atoms with van der Waals surface area (Å²) in [5.41, 5.74) is 0.0905. The predicted octanol–water partition coefficient (Wildman–Crippen LogP) is 3.08. The summed E-state index contributed by atoms with van der Waals surface area (Å²) in [5, 5.41) is 12.1. The Bertz CT molecular complexity index is 484. The van der Waals surface area contributed by atoms with Crippen LogP contribution in [0.5, 0.6) is 0 Å². The van der Waals surface area contributed by atoms with Crippen molar-refractivity contribution in [2.45, 2.75) is 25.6 Å². The maximum atomic E-state index is 12.5. The molecule has 0 spiro atoms. The summed E-state index contributed by atoms with van der Waals surface area (Å²) in [6.45, 7) is 2.23. The molecule has 20 heavy (non-hydrogen) atoms. The fourth-order valence-corrected chi connectivity index (χ4v) is 2.50. The Labute approximate surface area is 114 Å². The number of carboxylic acids is 1. The van der Waals surface area contributed by atoms with Crippen molar-refractivity contribution in [1.82, 2.24) is 5.32 Å². The summed E-state index contributed by atoms with van der Waals surface area (Å²) in [6.07, 6.45) is -3.71. The first-order valence-corrected chi connectivity index (χ1v) is 6.42. The molecule has 3 atom stereocenters. The third kappa shape index (κ3) is 3.12. The molecular weight excluding hydrogens is 271 g/mol. The molecule has 110 valence electrons. The van der Waals surface area contributed by atoms with Gasteiger partial charge in [0.25, 0.3) is 0 Å². The summed E-state index contributed by atoms with van der Waals surface area (Å²) in [6, 6.07) is 4.95. The second-order valence-corrected chi connectivity index (χ2v) is 5.20. The van der Waals surface area contributed by atoms with Crippen LogP contribution in [0.25, 0.3) is 0 Å². The van der Waals surface area contributed by atoms with Crippen LogP contribution in [0.3, 0.4) is 0 Å². The van der Waals surface area contributed by atoms with E-state index in [0.29, 0.717) is 13.0 Å². The standard InChI is InChI=1S/C14H16F3NO2/c1-8(13(19)20)10-6-12(18-7-10)9-2-4-11(5-3-9)14(15,16)17/h2-5,8,10,12,18H,6-7H2,1H3,(H,19,20)/t8?,10-,12-/m1/s1. The molecule has 2 rings (SSSR count). The van der Waals surface area contributed by atoms with Crippen LogP contribution in [0.15, 0.2) is 24.3 Å². The zero-order valence-electron chi connectivity index (χ0n) is 10.9. The van der Waals surface area contributed by atoms with Gasteiger partial charge in [-0.05, 0) is 36.6 Å². The van der Waals surface area contributed by atoms with Gasteiger partial charge in [-0.3, -0.25) is 4.79 Å². The van der Waals surface area contributed by atoms with Crippen molar-refractivity contribution in [2.24, 2.45) is 11.8 Å². The molecule has 0 radical (unpaired) electrons. The quantitative estimate of drug-likeness (QED) is 0.898. The minimum atomic E-state index is -4.33. The fourth-order valence-electron chi connectivity index (χ4n) is 2.50. The van der Waals surface area contributed by atoms with Gasteiger partial charge in [0.05, 0.1) is 11.5 Å². The van der Waals surface area contributed by atoms with E-state index < -0.39 is 23.6 Å². The molecule has 1 saturated heterocycles. The van der Waals surface area contributed by atoms with E-state index in [1.807, 2.05) is 0 Å². The highest BCUT2D eigenvalue weighted by Crippen LogP contribution is 2.34. The predicted molar refractivity (Wildman–Crippen MR) is 67.1 cm³/mol. The van der Waals surface area contributed by atoms with Crippen molar-refractivity contribution in [3.63, 3.8) is 0 Å². The Morgan fingerprint density at radius 1 is 1.35 bits per heavy atom. The Morgan fingerprint density at radius 3 is 2.45 bits per heavy atom. The van der Waals surface area contributed by atoms with Crippen molar-refractivity contribution < 1.29 is 23.1 Å². The van der Waals surface area contributed by atoms with Gasteiger partial charge in [-0.25, -0.2) is 0 Å². The molecule has 6 heteroatoms. The van der Waals surface area contributed by atoms with Crippen LogP contribution in [-0.4, -0.2) is 17.6 Å². The lowest BCUT2D eigenvalue weighted by atomic mass is 9.90. The lowest BCUT2D eigenvalue weighted by molar-refractivity contribution is -0.142. The van der Waals surface area contributed by atoms with Crippen LogP contribution in [0.4, 0.5) is 13.2 Å². The first-order valence-electron chi connectivity index (χ1n) is 6.42. The highest BCUT2D eigenvalue weighted by molar-refractivity contribution is 5.70. The maximum Gasteiger partial charge on any atom is 0.416 e. The van der Waals surface area contributed by atoms with Gasteiger partial charge in [0, 0.05) is 6.04 Å². The van der Waals surface area contributed by atoms with Gasteiger partial charge in [-0.15, -0.1) is 0 Å². The highest BCUT2D eigenvalue weighted by atomic mass is 19.4. The number of hydrogen-bond donors (Lipinski definition) is 2. The molecule has 1 aromatic carbocycles. The van der Waals surface area contributed by atoms with Crippen LogP contribution < -0.4 is 5.32 Å². The lowest BCUT2D eigenvalue weighted by Gasteiger charge is -2.15. The molecule has 0 amide bonds. The minimum absolute atomic E-state index is 0.000192. The van der Waals surface area contributed by atoms with Crippen LogP contribution in [0.1, 0.15) is 30.5 Å². The number of nitrogens with one attached hydrogen (secondary N) is 1. The monoisotopic (exact) mass is 287 g/mol. The van der Waals surface area contributed by atoms with E-state index in [4.69, 9.17) is 5.11 Å². The zero-order chi connectivity index (χ0) is 14.9. The number of rotatable bonds is 3. The second-order valence-electron chi connectivity index (χ2n) is 5.20. The van der Waals surface area contributed by atoms with Crippen LogP contribution >= 0.6 is 0 Å². The van der Waals surface area contributed by atoms with Crippen LogP contribution in [0, 0.1) is 11.8 Å². The van der Waals surface area contributed by atoms with Crippen molar-refractivity contribution in [3.05, 3.63) is 35.4 Å². The zero-order valence-corrected chi connectivity index (χ0v) is 10.9. The lowest BCUT2D eigenvalue weighted by Crippen LogP contribution is -2.22. The van der Waals surface area contributed by atoms with Crippen molar-refractivity contribution >= 4 is 5.97 Å². The maximum absolute atomic E-state index is 12.5. The number of carboxylic acid groups (broad SMARTS) is 1. The average molecular weight is 287 g/mol. The SMILES string of the molecule is CC(C(=O)O)[C@H]1CN[C@@H](c2ccc(C(F)(F)F)cc2)C1. The molecule has 1 aliphatic heterocycles. The van der Waals surface area contributed by atoms with E-state index >= 15 is 0 Å². The van der Waals surface area contributed by atoms with E-state index in [1.165, 1.54) is 12.1 Å². The van der Waals surface area contributed by atoms with Crippen molar-refractivity contribution in [2.75, 3.05) is 6.54 Å². The van der Waals surface area contributed by atoms with E-state index in [0.717, 1.165) is 17.7 Å². The number of halogens is 3. The van der Waals surface area contributed by atoms with Gasteiger partial charge in [0.2, 0.25) is 0 Å². The van der Waals surface area contributed by atoms with E-state index in [2.05, 4.69) is 5.32 Å². The van der Waals surface area contributed by atoms with E-state index in [1.54, 1.807) is 6.92 Å². The van der Waals surface area contributed by atoms with Crippen LogP contribution in [-0.2, 0) is 11.0 Å². The van der Waals surface area contributed by atoms with Gasteiger partial charge < -0.3 is 10.4 Å². The number of benzene rings is 1. The topological polar surface area (TPSA) is 49.3 Å². The van der Waals surface area contributed by atoms with Gasteiger partial charge in [-0.1, -0.05) is 19.1 Å². The smallest absolute Gasteiger partial charge is 0.416 e. The van der Waals surface area contributed by atoms with Gasteiger partial charge in [-0.2, -0.15) is 13.2 Å². The molecule has 3 nitrogen and oxygen atoms in total. The summed E-state index contributed by atoms with van der Waals surface area (Å²) in [4.78, 5) is 10.9. The molecule has 1 heterocycles. The number of carbonyl (C=O) groups is 1. The molecule has 0 aromatic heterocycles. The highest BCUT2D eigenvalue weighted by Gasteiger charge is 2.33. The third-order valence-corrected chi connectivity index (χ3v) is 3.90. The molecule has 1 fully saturated rings. The molecule has 0 bridgehead atoms. The fraction of sp³-hybridized carbons (Fsp3) is 0.500. The molecule has 0 aliphatic carbocycles. The molecular formula is C14H16F3NO2. The van der Waals surface area contributed by atoms with Gasteiger partial charge in [0.1, 0.15) is 0 Å². The molecule has 1 unspecified atom stereocenters. The van der Waals surface area contributed by atoms with E-state index in [-0.39, 0.29) is 12.0 Å². The van der Waals surface area contributed by atoms with Crippen molar-refractivity contribution in [3.8, 4) is 0 Å². The Balaban J connectivity index is 2.05. The Kier molecular flexibility index (Phi) is 4.04. The number of alkyl halides is 3. The summed E-state index contributed by atoms with van der Waals surface area (Å²) in [5.74, 6) is -1.30. The number of aliphatic carboxylic acids is 1. The van der Waals surface area contributed by atoms with Gasteiger partial charge >= 0.3 is 12.1 Å².